The Hall–Kier alpha value is 0.0762. The zero-order valence-corrected chi connectivity index (χ0v) is 8.80. The Labute approximate surface area is 90.1 Å². The number of hydrogen-bond acceptors (Lipinski definition) is 0. The van der Waals surface area contributed by atoms with Crippen molar-refractivity contribution in [1.29, 1.82) is 0 Å². The van der Waals surface area contributed by atoms with E-state index in [0.29, 0.717) is 0 Å². The molecule has 0 aliphatic heterocycles. The maximum Gasteiger partial charge on any atom is 2.00 e. The fourth-order valence-electron chi connectivity index (χ4n) is 0.716. The van der Waals surface area contributed by atoms with Gasteiger partial charge in [-0.25, -0.2) is 0 Å². The molecule has 1 aromatic rings. The summed E-state index contributed by atoms with van der Waals surface area (Å²) in [5.41, 5.74) is 1.07. The van der Waals surface area contributed by atoms with Crippen LogP contribution in [0.2, 0.25) is 0 Å². The fraction of sp³-hybridized carbons (Fsp3) is 0.250. The van der Waals surface area contributed by atoms with E-state index < -0.39 is 0 Å². The molecule has 3 heteroatoms. The monoisotopic (exact) mass is 179 g/mol. The summed E-state index contributed by atoms with van der Waals surface area (Å²) in [6.07, 6.45) is 0. The van der Waals surface area contributed by atoms with Gasteiger partial charge in [-0.05, 0) is 0 Å². The predicted octanol–water partition coefficient (Wildman–Crippen LogP) is -0.665. The van der Waals surface area contributed by atoms with Crippen molar-refractivity contribution in [3.63, 3.8) is 0 Å². The molecule has 0 aliphatic carbocycles. The molecule has 0 aliphatic rings. The largest absolute Gasteiger partial charge is 2.00 e. The first-order valence-electron chi connectivity index (χ1n) is 3.16. The summed E-state index contributed by atoms with van der Waals surface area (Å²) >= 11 is 0. The summed E-state index contributed by atoms with van der Waals surface area (Å²) in [6, 6.07) is 9.99. The molecule has 1 nitrogen and oxygen atoms in total. The van der Waals surface area contributed by atoms with Crippen molar-refractivity contribution in [2.75, 3.05) is 6.54 Å². The number of halogens is 1. The zero-order valence-electron chi connectivity index (χ0n) is 6.63. The van der Waals surface area contributed by atoms with Gasteiger partial charge in [0.15, 0.2) is 0 Å². The third-order valence-electron chi connectivity index (χ3n) is 1.10. The van der Waals surface area contributed by atoms with Crippen LogP contribution in [0.4, 0.5) is 5.69 Å². The molecule has 0 saturated carbocycles. The summed E-state index contributed by atoms with van der Waals surface area (Å²) in [5, 5.41) is 4.21. The van der Waals surface area contributed by atoms with Gasteiger partial charge in [0, 0.05) is 0 Å². The summed E-state index contributed by atoms with van der Waals surface area (Å²) in [4.78, 5) is 0. The minimum Gasteiger partial charge on any atom is -1.00 e. The average Bonchev–Trinajstić information content (AvgIpc) is 1.91. The first-order chi connectivity index (χ1) is 4.43. The van der Waals surface area contributed by atoms with Crippen molar-refractivity contribution in [2.45, 2.75) is 6.92 Å². The van der Waals surface area contributed by atoms with Crippen LogP contribution in [0.1, 0.15) is 6.92 Å². The van der Waals surface area contributed by atoms with Gasteiger partial charge in [-0.3, -0.25) is 0 Å². The van der Waals surface area contributed by atoms with Crippen LogP contribution in [0.15, 0.2) is 30.3 Å². The summed E-state index contributed by atoms with van der Waals surface area (Å²) in [7, 11) is 0. The second-order valence-corrected chi connectivity index (χ2v) is 1.81. The maximum absolute atomic E-state index is 4.21. The van der Waals surface area contributed by atoms with E-state index >= 15 is 0 Å². The van der Waals surface area contributed by atoms with Gasteiger partial charge in [0.2, 0.25) is 0 Å². The Morgan fingerprint density at radius 3 is 2.18 bits per heavy atom. The van der Waals surface area contributed by atoms with Crippen LogP contribution in [0.25, 0.3) is 5.32 Å². The molecule has 0 heterocycles. The molecular weight excluding hydrogens is 170 g/mol. The van der Waals surface area contributed by atoms with E-state index in [2.05, 4.69) is 5.32 Å². The number of nitrogens with zero attached hydrogens (tertiary/aromatic N) is 1. The van der Waals surface area contributed by atoms with E-state index in [-0.39, 0.29) is 35.5 Å². The average molecular weight is 180 g/mol. The van der Waals surface area contributed by atoms with E-state index in [1.165, 1.54) is 0 Å². The predicted molar refractivity (Wildman–Crippen MR) is 45.8 cm³/mol. The quantitative estimate of drug-likeness (QED) is 0.536. The van der Waals surface area contributed by atoms with Crippen molar-refractivity contribution < 1.29 is 12.4 Å². The van der Waals surface area contributed by atoms with Crippen LogP contribution in [0, 0.1) is 0 Å². The molecule has 0 bridgehead atoms. The van der Waals surface area contributed by atoms with Crippen LogP contribution in [0.5, 0.6) is 0 Å². The zero-order chi connectivity index (χ0) is 6.53. The van der Waals surface area contributed by atoms with E-state index in [0.717, 1.165) is 12.2 Å². The van der Waals surface area contributed by atoms with E-state index in [1.807, 2.05) is 37.3 Å². The minimum absolute atomic E-state index is 0. The molecule has 0 unspecified atom stereocenters. The Morgan fingerprint density at radius 2 is 1.73 bits per heavy atom. The Kier molecular flexibility index (Phi) is 10.1. The van der Waals surface area contributed by atoms with Crippen molar-refractivity contribution in [1.82, 2.24) is 0 Å². The summed E-state index contributed by atoms with van der Waals surface area (Å²) < 4.78 is 0. The Morgan fingerprint density at radius 1 is 1.18 bits per heavy atom. The first-order valence-corrected chi connectivity index (χ1v) is 3.16. The molecule has 0 saturated heterocycles. The molecule has 0 radical (unpaired) electrons. The summed E-state index contributed by atoms with van der Waals surface area (Å²) in [5.74, 6) is 0. The van der Waals surface area contributed by atoms with E-state index in [4.69, 9.17) is 0 Å². The Bertz CT molecular complexity index is 167. The number of rotatable bonds is 2. The smallest absolute Gasteiger partial charge is 1.00 e. The molecule has 56 valence electrons. The number of hydrogen-bond donors (Lipinski definition) is 0. The van der Waals surface area contributed by atoms with Gasteiger partial charge in [0.05, 0.1) is 0 Å². The molecule has 0 fully saturated rings. The van der Waals surface area contributed by atoms with Crippen LogP contribution < -0.4 is 12.4 Å². The van der Waals surface area contributed by atoms with Gasteiger partial charge in [-0.15, -0.1) is 12.2 Å². The molecule has 0 aromatic heterocycles. The molecule has 11 heavy (non-hydrogen) atoms. The van der Waals surface area contributed by atoms with Crippen molar-refractivity contribution in [3.05, 3.63) is 35.6 Å². The van der Waals surface area contributed by atoms with Crippen LogP contribution >= 0.6 is 0 Å². The van der Waals surface area contributed by atoms with Gasteiger partial charge in [0.25, 0.3) is 0 Å². The molecule has 1 aromatic carbocycles. The second-order valence-electron chi connectivity index (χ2n) is 1.81. The molecule has 0 spiro atoms. The number of benzene rings is 1. The van der Waals surface area contributed by atoms with Crippen LogP contribution in [0.3, 0.4) is 0 Å². The third kappa shape index (κ3) is 5.36. The van der Waals surface area contributed by atoms with Gasteiger partial charge in [-0.1, -0.05) is 37.3 Å². The van der Waals surface area contributed by atoms with Crippen molar-refractivity contribution in [3.8, 4) is 0 Å². The van der Waals surface area contributed by atoms with Gasteiger partial charge < -0.3 is 17.7 Å². The van der Waals surface area contributed by atoms with Gasteiger partial charge in [0.1, 0.15) is 0 Å². The SMILES string of the molecule is CC[N-]c1ccccc1.[Cl-].[Mg+2]. The molecule has 0 N–H and O–H groups in total. The van der Waals surface area contributed by atoms with Crippen molar-refractivity contribution in [2.24, 2.45) is 0 Å². The molecule has 0 amide bonds. The molecular formula is C8H10ClMgN. The van der Waals surface area contributed by atoms with Gasteiger partial charge in [-0.2, -0.15) is 0 Å². The van der Waals surface area contributed by atoms with Gasteiger partial charge >= 0.3 is 23.1 Å². The van der Waals surface area contributed by atoms with Crippen LogP contribution in [-0.4, -0.2) is 29.6 Å². The first kappa shape index (κ1) is 13.7. The van der Waals surface area contributed by atoms with Crippen LogP contribution in [-0.2, 0) is 0 Å². The fourth-order valence-corrected chi connectivity index (χ4v) is 0.716. The minimum atomic E-state index is 0. The molecule has 0 atom stereocenters. The molecule has 1 rings (SSSR count). The second kappa shape index (κ2) is 8.18. The maximum atomic E-state index is 4.21. The Balaban J connectivity index is 0. The topological polar surface area (TPSA) is 14.1 Å². The summed E-state index contributed by atoms with van der Waals surface area (Å²) in [6.45, 7) is 2.90. The van der Waals surface area contributed by atoms with Crippen molar-refractivity contribution >= 4 is 28.7 Å². The van der Waals surface area contributed by atoms with E-state index in [9.17, 15) is 0 Å². The standard InChI is InChI=1S/C8H10N.ClH.Mg/c1-2-9-8-6-4-3-5-7-8;;/h3-7H,2H2,1H3;1H;/q-1;;+2/p-1. The third-order valence-corrected chi connectivity index (χ3v) is 1.10. The normalized spacial score (nSPS) is 7.36. The van der Waals surface area contributed by atoms with E-state index in [1.54, 1.807) is 0 Å². The number of para-hydroxylation sites is 1.